The first-order valence-electron chi connectivity index (χ1n) is 6.76. The van der Waals surface area contributed by atoms with Crippen molar-refractivity contribution in [1.82, 2.24) is 9.80 Å². The summed E-state index contributed by atoms with van der Waals surface area (Å²) in [6, 6.07) is 7.17. The molecule has 1 aliphatic rings. The van der Waals surface area contributed by atoms with Crippen LogP contribution >= 0.6 is 23.2 Å². The number of carbonyl (C=O) groups is 1. The summed E-state index contributed by atoms with van der Waals surface area (Å²) >= 11 is 12.0. The first-order valence-corrected chi connectivity index (χ1v) is 7.51. The lowest BCUT2D eigenvalue weighted by Gasteiger charge is -2.40. The molecule has 0 radical (unpaired) electrons. The van der Waals surface area contributed by atoms with Gasteiger partial charge >= 0.3 is 0 Å². The molecule has 2 rings (SSSR count). The third-order valence-electron chi connectivity index (χ3n) is 3.79. The van der Waals surface area contributed by atoms with Crippen molar-refractivity contribution < 1.29 is 4.79 Å². The quantitative estimate of drug-likeness (QED) is 0.839. The lowest BCUT2D eigenvalue weighted by atomic mass is 10.0. The van der Waals surface area contributed by atoms with E-state index in [1.165, 1.54) is 0 Å². The molecule has 0 unspecified atom stereocenters. The fourth-order valence-corrected chi connectivity index (χ4v) is 2.74. The van der Waals surface area contributed by atoms with Crippen LogP contribution in [-0.4, -0.2) is 47.4 Å². The second-order valence-electron chi connectivity index (χ2n) is 5.57. The number of amides is 1. The molecule has 1 heterocycles. The van der Waals surface area contributed by atoms with Crippen LogP contribution in [0.3, 0.4) is 0 Å². The Bertz CT molecular complexity index is 587. The summed E-state index contributed by atoms with van der Waals surface area (Å²) in [7, 11) is 0. The Morgan fingerprint density at radius 2 is 1.86 bits per heavy atom. The van der Waals surface area contributed by atoms with E-state index in [0.717, 1.165) is 0 Å². The lowest BCUT2D eigenvalue weighted by molar-refractivity contribution is 0.0521. The van der Waals surface area contributed by atoms with E-state index in [-0.39, 0.29) is 5.91 Å². The molecule has 1 amide bonds. The molecule has 1 aromatic rings. The Morgan fingerprint density at radius 3 is 2.43 bits per heavy atom. The smallest absolute Gasteiger partial charge is 0.255 e. The zero-order valence-electron chi connectivity index (χ0n) is 12.1. The molecule has 1 aliphatic heterocycles. The minimum atomic E-state index is -0.511. The monoisotopic (exact) mass is 325 g/mol. The normalized spacial score (nSPS) is 16.6. The first kappa shape index (κ1) is 16.1. The van der Waals surface area contributed by atoms with E-state index in [4.69, 9.17) is 28.5 Å². The second kappa shape index (κ2) is 6.23. The summed E-state index contributed by atoms with van der Waals surface area (Å²) in [5.74, 6) is -0.114. The third kappa shape index (κ3) is 3.49. The van der Waals surface area contributed by atoms with Crippen LogP contribution in [0.15, 0.2) is 18.2 Å². The minimum absolute atomic E-state index is 0.114. The highest BCUT2D eigenvalue weighted by Gasteiger charge is 2.31. The third-order valence-corrected chi connectivity index (χ3v) is 4.35. The standard InChI is InChI=1S/C15H17Cl2N3O/c1-15(2,10-18)20-7-5-19(6-8-20)14(21)12-9-11(16)3-4-13(12)17/h3-4,9H,5-8H2,1-2H3. The van der Waals surface area contributed by atoms with E-state index in [0.29, 0.717) is 41.8 Å². The van der Waals surface area contributed by atoms with Crippen LogP contribution in [0.1, 0.15) is 24.2 Å². The van der Waals surface area contributed by atoms with Gasteiger partial charge in [0.15, 0.2) is 0 Å². The molecule has 1 saturated heterocycles. The molecule has 1 aromatic carbocycles. The van der Waals surface area contributed by atoms with Gasteiger partial charge in [-0.15, -0.1) is 0 Å². The maximum absolute atomic E-state index is 12.5. The van der Waals surface area contributed by atoms with Gasteiger partial charge in [0.2, 0.25) is 0 Å². The predicted molar refractivity (Wildman–Crippen MR) is 83.6 cm³/mol. The summed E-state index contributed by atoms with van der Waals surface area (Å²) in [5.41, 5.74) is -0.0831. The molecule has 4 nitrogen and oxygen atoms in total. The number of nitrogens with zero attached hydrogens (tertiary/aromatic N) is 3. The average Bonchev–Trinajstić information content (AvgIpc) is 2.49. The highest BCUT2D eigenvalue weighted by Crippen LogP contribution is 2.23. The molecule has 112 valence electrons. The zero-order valence-corrected chi connectivity index (χ0v) is 13.6. The van der Waals surface area contributed by atoms with Crippen LogP contribution < -0.4 is 0 Å². The van der Waals surface area contributed by atoms with Crippen molar-refractivity contribution in [3.63, 3.8) is 0 Å². The van der Waals surface area contributed by atoms with Crippen molar-refractivity contribution >= 4 is 29.1 Å². The molecule has 21 heavy (non-hydrogen) atoms. The van der Waals surface area contributed by atoms with E-state index < -0.39 is 5.54 Å². The van der Waals surface area contributed by atoms with Gasteiger partial charge in [0, 0.05) is 31.2 Å². The highest BCUT2D eigenvalue weighted by atomic mass is 35.5. The number of rotatable bonds is 2. The van der Waals surface area contributed by atoms with Gasteiger partial charge in [-0.25, -0.2) is 0 Å². The minimum Gasteiger partial charge on any atom is -0.336 e. The topological polar surface area (TPSA) is 47.3 Å². The van der Waals surface area contributed by atoms with Gasteiger partial charge < -0.3 is 4.90 Å². The average molecular weight is 326 g/mol. The summed E-state index contributed by atoms with van der Waals surface area (Å²) in [6.45, 7) is 6.27. The van der Waals surface area contributed by atoms with Crippen LogP contribution in [0.2, 0.25) is 10.0 Å². The SMILES string of the molecule is CC(C)(C#N)N1CCN(C(=O)c2cc(Cl)ccc2Cl)CC1. The van der Waals surface area contributed by atoms with E-state index in [1.807, 2.05) is 13.8 Å². The molecule has 0 bridgehead atoms. The van der Waals surface area contributed by atoms with E-state index >= 15 is 0 Å². The molecule has 0 spiro atoms. The molecule has 0 aromatic heterocycles. The lowest BCUT2D eigenvalue weighted by Crippen LogP contribution is -2.55. The van der Waals surface area contributed by atoms with Crippen molar-refractivity contribution in [1.29, 1.82) is 5.26 Å². The largest absolute Gasteiger partial charge is 0.336 e. The van der Waals surface area contributed by atoms with E-state index in [1.54, 1.807) is 23.1 Å². The fraction of sp³-hybridized carbons (Fsp3) is 0.467. The van der Waals surface area contributed by atoms with Crippen LogP contribution in [0.25, 0.3) is 0 Å². The van der Waals surface area contributed by atoms with Gasteiger partial charge in [0.1, 0.15) is 5.54 Å². The van der Waals surface area contributed by atoms with Gasteiger partial charge in [-0.2, -0.15) is 5.26 Å². The van der Waals surface area contributed by atoms with Gasteiger partial charge in [-0.1, -0.05) is 23.2 Å². The summed E-state index contributed by atoms with van der Waals surface area (Å²) in [5, 5.41) is 10.1. The fourth-order valence-electron chi connectivity index (χ4n) is 2.37. The molecule has 0 atom stereocenters. The summed E-state index contributed by atoms with van der Waals surface area (Å²) in [6.07, 6.45) is 0. The molecular formula is C15H17Cl2N3O. The van der Waals surface area contributed by atoms with E-state index in [2.05, 4.69) is 11.0 Å². The van der Waals surface area contributed by atoms with Crippen molar-refractivity contribution in [2.75, 3.05) is 26.2 Å². The maximum Gasteiger partial charge on any atom is 0.255 e. The van der Waals surface area contributed by atoms with Gasteiger partial charge in [0.25, 0.3) is 5.91 Å². The predicted octanol–water partition coefficient (Wildman–Crippen LogP) is 3.05. The van der Waals surface area contributed by atoms with Crippen LogP contribution in [0.4, 0.5) is 0 Å². The van der Waals surface area contributed by atoms with Crippen LogP contribution in [0.5, 0.6) is 0 Å². The van der Waals surface area contributed by atoms with Gasteiger partial charge in [-0.05, 0) is 32.0 Å². The number of hydrogen-bond acceptors (Lipinski definition) is 3. The Kier molecular flexibility index (Phi) is 4.77. The number of halogens is 2. The Labute approximate surface area is 134 Å². The highest BCUT2D eigenvalue weighted by molar-refractivity contribution is 6.35. The number of nitriles is 1. The van der Waals surface area contributed by atoms with Crippen molar-refractivity contribution in [2.24, 2.45) is 0 Å². The summed E-state index contributed by atoms with van der Waals surface area (Å²) < 4.78 is 0. The molecule has 0 aliphatic carbocycles. The molecule has 0 N–H and O–H groups in total. The van der Waals surface area contributed by atoms with Crippen LogP contribution in [0, 0.1) is 11.3 Å². The van der Waals surface area contributed by atoms with Gasteiger partial charge in [-0.3, -0.25) is 9.69 Å². The number of benzene rings is 1. The number of piperazine rings is 1. The Balaban J connectivity index is 2.07. The van der Waals surface area contributed by atoms with Crippen molar-refractivity contribution in [3.8, 4) is 6.07 Å². The first-order chi connectivity index (χ1) is 9.85. The van der Waals surface area contributed by atoms with Crippen LogP contribution in [-0.2, 0) is 0 Å². The summed E-state index contributed by atoms with van der Waals surface area (Å²) in [4.78, 5) is 16.3. The Hall–Kier alpha value is -1.28. The second-order valence-corrected chi connectivity index (χ2v) is 6.42. The zero-order chi connectivity index (χ0) is 15.6. The van der Waals surface area contributed by atoms with Crippen molar-refractivity contribution in [3.05, 3.63) is 33.8 Å². The molecule has 1 fully saturated rings. The molecule has 0 saturated carbocycles. The Morgan fingerprint density at radius 1 is 1.24 bits per heavy atom. The molecular weight excluding hydrogens is 309 g/mol. The number of hydrogen-bond donors (Lipinski definition) is 0. The van der Waals surface area contributed by atoms with Crippen molar-refractivity contribution in [2.45, 2.75) is 19.4 Å². The van der Waals surface area contributed by atoms with Gasteiger partial charge in [0.05, 0.1) is 16.7 Å². The number of carbonyl (C=O) groups excluding carboxylic acids is 1. The molecule has 6 heteroatoms. The van der Waals surface area contributed by atoms with E-state index in [9.17, 15) is 4.79 Å². The maximum atomic E-state index is 12.5.